The molecule has 0 radical (unpaired) electrons. The van der Waals surface area contributed by atoms with Crippen LogP contribution in [-0.2, 0) is 4.79 Å². The van der Waals surface area contributed by atoms with Crippen LogP contribution in [0.4, 0.5) is 5.69 Å². The highest BCUT2D eigenvalue weighted by atomic mass is 16.5. The highest BCUT2D eigenvalue weighted by molar-refractivity contribution is 6.10. The van der Waals surface area contributed by atoms with Gasteiger partial charge in [0.1, 0.15) is 5.75 Å². The Bertz CT molecular complexity index is 971. The molecule has 27 heavy (non-hydrogen) atoms. The van der Waals surface area contributed by atoms with E-state index in [0.717, 1.165) is 28.4 Å². The Hall–Kier alpha value is -3.47. The second kappa shape index (κ2) is 7.41. The molecular weight excluding hydrogens is 338 g/mol. The molecule has 1 aromatic heterocycles. The van der Waals surface area contributed by atoms with Crippen LogP contribution < -0.4 is 9.75 Å². The zero-order valence-electron chi connectivity index (χ0n) is 14.9. The number of rotatable bonds is 4. The third-order valence-electron chi connectivity index (χ3n) is 4.58. The van der Waals surface area contributed by atoms with E-state index in [-0.39, 0.29) is 11.8 Å². The SMILES string of the molecule is COc1cccc(C2CC(c3ccccn3)=NN(c3ccccc3)C2=O)c1. The van der Waals surface area contributed by atoms with Crippen LogP contribution in [0.25, 0.3) is 0 Å². The van der Waals surface area contributed by atoms with Crippen molar-refractivity contribution >= 4 is 17.3 Å². The van der Waals surface area contributed by atoms with Crippen LogP contribution in [0, 0.1) is 0 Å². The molecular formula is C22H19N3O2. The fourth-order valence-electron chi connectivity index (χ4n) is 3.20. The number of anilines is 1. The maximum Gasteiger partial charge on any atom is 0.255 e. The highest BCUT2D eigenvalue weighted by Crippen LogP contribution is 2.32. The molecule has 1 aliphatic rings. The van der Waals surface area contributed by atoms with Crippen molar-refractivity contribution in [1.29, 1.82) is 0 Å². The molecule has 5 heteroatoms. The molecule has 1 aliphatic heterocycles. The molecule has 0 saturated heterocycles. The minimum atomic E-state index is -0.352. The van der Waals surface area contributed by atoms with Crippen LogP contribution in [0.3, 0.4) is 0 Å². The molecule has 1 amide bonds. The summed E-state index contributed by atoms with van der Waals surface area (Å²) in [5.74, 6) is 0.317. The van der Waals surface area contributed by atoms with E-state index >= 15 is 0 Å². The van der Waals surface area contributed by atoms with Gasteiger partial charge in [-0.3, -0.25) is 9.78 Å². The number of ether oxygens (including phenoxy) is 1. The van der Waals surface area contributed by atoms with Gasteiger partial charge in [-0.25, -0.2) is 0 Å². The number of para-hydroxylation sites is 1. The summed E-state index contributed by atoms with van der Waals surface area (Å²) in [6.45, 7) is 0. The monoisotopic (exact) mass is 357 g/mol. The minimum absolute atomic E-state index is 0.0610. The first-order valence-corrected chi connectivity index (χ1v) is 8.78. The largest absolute Gasteiger partial charge is 0.497 e. The van der Waals surface area contributed by atoms with E-state index in [4.69, 9.17) is 4.74 Å². The molecule has 5 nitrogen and oxygen atoms in total. The van der Waals surface area contributed by atoms with E-state index in [1.807, 2.05) is 72.8 Å². The van der Waals surface area contributed by atoms with E-state index in [1.54, 1.807) is 13.3 Å². The molecule has 2 heterocycles. The van der Waals surface area contributed by atoms with Crippen molar-refractivity contribution in [3.63, 3.8) is 0 Å². The lowest BCUT2D eigenvalue weighted by molar-refractivity contribution is -0.120. The predicted octanol–water partition coefficient (Wildman–Crippen LogP) is 4.02. The van der Waals surface area contributed by atoms with Crippen LogP contribution >= 0.6 is 0 Å². The molecule has 1 atom stereocenters. The Morgan fingerprint density at radius 1 is 1.00 bits per heavy atom. The average Bonchev–Trinajstić information content (AvgIpc) is 2.75. The average molecular weight is 357 g/mol. The maximum absolute atomic E-state index is 13.3. The van der Waals surface area contributed by atoms with E-state index in [0.29, 0.717) is 6.42 Å². The van der Waals surface area contributed by atoms with Gasteiger partial charge in [0.25, 0.3) is 5.91 Å². The Balaban J connectivity index is 1.79. The normalized spacial score (nSPS) is 16.8. The number of benzene rings is 2. The van der Waals surface area contributed by atoms with Crippen molar-refractivity contribution in [2.75, 3.05) is 12.1 Å². The van der Waals surface area contributed by atoms with Crippen LogP contribution in [0.15, 0.2) is 84.1 Å². The van der Waals surface area contributed by atoms with Gasteiger partial charge in [-0.05, 0) is 42.0 Å². The van der Waals surface area contributed by atoms with Crippen molar-refractivity contribution in [3.8, 4) is 5.75 Å². The van der Waals surface area contributed by atoms with E-state index in [9.17, 15) is 4.79 Å². The number of pyridine rings is 1. The van der Waals surface area contributed by atoms with E-state index in [1.165, 1.54) is 5.01 Å². The smallest absolute Gasteiger partial charge is 0.255 e. The van der Waals surface area contributed by atoms with Gasteiger partial charge >= 0.3 is 0 Å². The van der Waals surface area contributed by atoms with Gasteiger partial charge in [0.2, 0.25) is 0 Å². The molecule has 4 rings (SSSR count). The molecule has 2 aromatic carbocycles. The molecule has 1 unspecified atom stereocenters. The summed E-state index contributed by atoms with van der Waals surface area (Å²) in [5, 5.41) is 6.11. The van der Waals surface area contributed by atoms with Gasteiger partial charge in [-0.1, -0.05) is 36.4 Å². The van der Waals surface area contributed by atoms with Gasteiger partial charge < -0.3 is 4.74 Å². The van der Waals surface area contributed by atoms with Crippen molar-refractivity contribution < 1.29 is 9.53 Å². The number of hydrogen-bond acceptors (Lipinski definition) is 4. The Morgan fingerprint density at radius 3 is 2.56 bits per heavy atom. The van der Waals surface area contributed by atoms with Crippen molar-refractivity contribution in [1.82, 2.24) is 4.98 Å². The number of hydrogen-bond donors (Lipinski definition) is 0. The van der Waals surface area contributed by atoms with E-state index < -0.39 is 0 Å². The summed E-state index contributed by atoms with van der Waals surface area (Å²) in [7, 11) is 1.62. The van der Waals surface area contributed by atoms with Gasteiger partial charge in [-0.15, -0.1) is 0 Å². The summed E-state index contributed by atoms with van der Waals surface area (Å²) in [6, 6.07) is 22.8. The van der Waals surface area contributed by atoms with Crippen molar-refractivity contribution in [2.45, 2.75) is 12.3 Å². The molecule has 0 spiro atoms. The summed E-state index contributed by atoms with van der Waals surface area (Å²) in [5.41, 5.74) is 3.21. The number of amides is 1. The van der Waals surface area contributed by atoms with Crippen LogP contribution in [0.2, 0.25) is 0 Å². The third-order valence-corrected chi connectivity index (χ3v) is 4.58. The molecule has 0 bridgehead atoms. The van der Waals surface area contributed by atoms with Crippen LogP contribution in [0.1, 0.15) is 23.6 Å². The molecule has 134 valence electrons. The fraction of sp³-hybridized carbons (Fsp3) is 0.136. The summed E-state index contributed by atoms with van der Waals surface area (Å²) in [6.07, 6.45) is 2.23. The molecule has 0 aliphatic carbocycles. The maximum atomic E-state index is 13.3. The lowest BCUT2D eigenvalue weighted by atomic mass is 9.89. The third kappa shape index (κ3) is 3.44. The number of aromatic nitrogens is 1. The number of carbonyl (C=O) groups excluding carboxylic acids is 1. The first-order chi connectivity index (χ1) is 13.3. The van der Waals surface area contributed by atoms with Crippen molar-refractivity contribution in [3.05, 3.63) is 90.3 Å². The zero-order valence-corrected chi connectivity index (χ0v) is 14.9. The number of hydrazone groups is 1. The molecule has 0 saturated carbocycles. The topological polar surface area (TPSA) is 54.8 Å². The summed E-state index contributed by atoms with van der Waals surface area (Å²) < 4.78 is 5.34. The van der Waals surface area contributed by atoms with Gasteiger partial charge in [-0.2, -0.15) is 10.1 Å². The molecule has 0 fully saturated rings. The lowest BCUT2D eigenvalue weighted by Gasteiger charge is -2.29. The van der Waals surface area contributed by atoms with Crippen molar-refractivity contribution in [2.24, 2.45) is 5.10 Å². The standard InChI is InChI=1S/C22H19N3O2/c1-27-18-11-7-8-16(14-18)19-15-21(20-12-5-6-13-23-20)24-25(22(19)26)17-9-3-2-4-10-17/h2-14,19H,15H2,1H3. The lowest BCUT2D eigenvalue weighted by Crippen LogP contribution is -2.38. The summed E-state index contributed by atoms with van der Waals surface area (Å²) >= 11 is 0. The Kier molecular flexibility index (Phi) is 4.66. The predicted molar refractivity (Wildman–Crippen MR) is 105 cm³/mol. The number of carbonyl (C=O) groups is 1. The van der Waals surface area contributed by atoms with Crippen LogP contribution in [-0.4, -0.2) is 23.7 Å². The number of nitrogens with zero attached hydrogens (tertiary/aromatic N) is 3. The minimum Gasteiger partial charge on any atom is -0.497 e. The summed E-state index contributed by atoms with van der Waals surface area (Å²) in [4.78, 5) is 17.7. The first kappa shape index (κ1) is 17.0. The second-order valence-electron chi connectivity index (χ2n) is 6.28. The zero-order chi connectivity index (χ0) is 18.6. The molecule has 3 aromatic rings. The molecule has 0 N–H and O–H groups in total. The Morgan fingerprint density at radius 2 is 1.81 bits per heavy atom. The quantitative estimate of drug-likeness (QED) is 0.709. The number of methoxy groups -OCH3 is 1. The Labute approximate surface area is 157 Å². The highest BCUT2D eigenvalue weighted by Gasteiger charge is 2.34. The van der Waals surface area contributed by atoms with Gasteiger partial charge in [0.15, 0.2) is 0 Å². The second-order valence-corrected chi connectivity index (χ2v) is 6.28. The fourth-order valence-corrected chi connectivity index (χ4v) is 3.20. The van der Waals surface area contributed by atoms with Gasteiger partial charge in [0.05, 0.1) is 30.1 Å². The van der Waals surface area contributed by atoms with E-state index in [2.05, 4.69) is 10.1 Å². The van der Waals surface area contributed by atoms with Gasteiger partial charge in [0, 0.05) is 12.6 Å². The van der Waals surface area contributed by atoms with Crippen LogP contribution in [0.5, 0.6) is 5.75 Å². The first-order valence-electron chi connectivity index (χ1n) is 8.78.